The van der Waals surface area contributed by atoms with Crippen molar-refractivity contribution in [1.29, 1.82) is 0 Å². The molecular weight excluding hydrogens is 303 g/mol. The van der Waals surface area contributed by atoms with Crippen LogP contribution in [-0.4, -0.2) is 26.2 Å². The van der Waals surface area contributed by atoms with Crippen LogP contribution < -0.4 is 0 Å². The summed E-state index contributed by atoms with van der Waals surface area (Å²) in [6.07, 6.45) is 1.17. The molecule has 14 heavy (non-hydrogen) atoms. The maximum Gasteiger partial charge on any atom is 0.343 e. The molecule has 0 spiro atoms. The van der Waals surface area contributed by atoms with E-state index in [1.165, 1.54) is 20.5 Å². The highest BCUT2D eigenvalue weighted by atomic mass is 127. The van der Waals surface area contributed by atoms with Crippen molar-refractivity contribution in [2.75, 3.05) is 14.2 Å². The number of carbonyl (C=O) groups excluding carboxylic acids is 2. The van der Waals surface area contributed by atoms with Crippen LogP contribution in [0.2, 0.25) is 0 Å². The minimum atomic E-state index is -0.628. The number of esters is 2. The molecule has 5 nitrogen and oxygen atoms in total. The Morgan fingerprint density at radius 1 is 1.29 bits per heavy atom. The second-order valence-electron chi connectivity index (χ2n) is 2.28. The van der Waals surface area contributed by atoms with Gasteiger partial charge in [-0.15, -0.1) is 0 Å². The fraction of sp³-hybridized carbons (Fsp3) is 0.250. The number of hydrogen-bond donors (Lipinski definition) is 0. The van der Waals surface area contributed by atoms with Crippen LogP contribution in [0.25, 0.3) is 0 Å². The monoisotopic (exact) mass is 310 g/mol. The molecular formula is C8H7IO5. The maximum absolute atomic E-state index is 11.2. The normalized spacial score (nSPS) is 9.64. The first-order valence-corrected chi connectivity index (χ1v) is 4.63. The number of halogens is 1. The van der Waals surface area contributed by atoms with E-state index in [4.69, 9.17) is 4.42 Å². The van der Waals surface area contributed by atoms with Crippen LogP contribution in [0.4, 0.5) is 0 Å². The van der Waals surface area contributed by atoms with Gasteiger partial charge in [0.05, 0.1) is 14.2 Å². The third-order valence-electron chi connectivity index (χ3n) is 1.54. The Labute approximate surface area is 93.5 Å². The summed E-state index contributed by atoms with van der Waals surface area (Å²) in [5, 5.41) is 0. The van der Waals surface area contributed by atoms with E-state index in [1.54, 1.807) is 22.6 Å². The van der Waals surface area contributed by atoms with Gasteiger partial charge >= 0.3 is 11.9 Å². The van der Waals surface area contributed by atoms with E-state index in [-0.39, 0.29) is 11.1 Å². The Hall–Kier alpha value is -1.05. The minimum absolute atomic E-state index is 0.0729. The van der Waals surface area contributed by atoms with Gasteiger partial charge in [-0.1, -0.05) is 0 Å². The van der Waals surface area contributed by atoms with Gasteiger partial charge in [-0.05, 0) is 0 Å². The fourth-order valence-electron chi connectivity index (χ4n) is 0.887. The second kappa shape index (κ2) is 4.45. The number of methoxy groups -OCH3 is 2. The lowest BCUT2D eigenvalue weighted by molar-refractivity contribution is 0.0556. The van der Waals surface area contributed by atoms with Crippen LogP contribution in [0.1, 0.15) is 20.7 Å². The van der Waals surface area contributed by atoms with Crippen molar-refractivity contribution in [3.05, 3.63) is 21.2 Å². The Morgan fingerprint density at radius 2 is 1.86 bits per heavy atom. The summed E-state index contributed by atoms with van der Waals surface area (Å²) in [7, 11) is 2.45. The maximum atomic E-state index is 11.2. The fourth-order valence-corrected chi connectivity index (χ4v) is 1.52. The van der Waals surface area contributed by atoms with Crippen molar-refractivity contribution >= 4 is 34.5 Å². The van der Waals surface area contributed by atoms with Crippen molar-refractivity contribution in [2.45, 2.75) is 0 Å². The molecule has 0 N–H and O–H groups in total. The zero-order chi connectivity index (χ0) is 10.7. The van der Waals surface area contributed by atoms with Gasteiger partial charge in [-0.25, -0.2) is 9.59 Å². The highest BCUT2D eigenvalue weighted by molar-refractivity contribution is 14.1. The van der Waals surface area contributed by atoms with Crippen LogP contribution in [0.5, 0.6) is 0 Å². The third kappa shape index (κ3) is 1.89. The van der Waals surface area contributed by atoms with Crippen molar-refractivity contribution < 1.29 is 23.5 Å². The van der Waals surface area contributed by atoms with Crippen LogP contribution >= 0.6 is 22.6 Å². The first kappa shape index (κ1) is 11.0. The summed E-state index contributed by atoms with van der Waals surface area (Å²) in [5.74, 6) is -1.25. The van der Waals surface area contributed by atoms with E-state index in [1.807, 2.05) is 0 Å². The van der Waals surface area contributed by atoms with Crippen molar-refractivity contribution in [3.8, 4) is 0 Å². The first-order chi connectivity index (χ1) is 6.61. The predicted octanol–water partition coefficient (Wildman–Crippen LogP) is 1.46. The van der Waals surface area contributed by atoms with Gasteiger partial charge in [-0.3, -0.25) is 0 Å². The van der Waals surface area contributed by atoms with Gasteiger partial charge in [0, 0.05) is 22.6 Å². The topological polar surface area (TPSA) is 65.7 Å². The molecule has 0 amide bonds. The largest absolute Gasteiger partial charge is 0.465 e. The minimum Gasteiger partial charge on any atom is -0.465 e. The average molecular weight is 310 g/mol. The van der Waals surface area contributed by atoms with Crippen molar-refractivity contribution in [1.82, 2.24) is 0 Å². The van der Waals surface area contributed by atoms with Gasteiger partial charge in [0.15, 0.2) is 3.77 Å². The van der Waals surface area contributed by atoms with Gasteiger partial charge in [-0.2, -0.15) is 0 Å². The van der Waals surface area contributed by atoms with Crippen molar-refractivity contribution in [2.24, 2.45) is 0 Å². The molecule has 1 aromatic rings. The van der Waals surface area contributed by atoms with E-state index >= 15 is 0 Å². The molecule has 76 valence electrons. The molecule has 1 heterocycles. The Kier molecular flexibility index (Phi) is 3.50. The lowest BCUT2D eigenvalue weighted by Crippen LogP contribution is -2.10. The molecule has 0 saturated heterocycles. The average Bonchev–Trinajstić information content (AvgIpc) is 2.58. The molecule has 0 bridgehead atoms. The smallest absolute Gasteiger partial charge is 0.343 e. The van der Waals surface area contributed by atoms with E-state index < -0.39 is 11.9 Å². The zero-order valence-electron chi connectivity index (χ0n) is 7.50. The summed E-state index contributed by atoms with van der Waals surface area (Å²) in [6.45, 7) is 0. The molecule has 0 saturated carbocycles. The predicted molar refractivity (Wildman–Crippen MR) is 54.1 cm³/mol. The van der Waals surface area contributed by atoms with Gasteiger partial charge in [0.25, 0.3) is 0 Å². The second-order valence-corrected chi connectivity index (χ2v) is 3.26. The van der Waals surface area contributed by atoms with E-state index in [0.29, 0.717) is 3.77 Å². The van der Waals surface area contributed by atoms with E-state index in [2.05, 4.69) is 9.47 Å². The first-order valence-electron chi connectivity index (χ1n) is 3.55. The molecule has 0 unspecified atom stereocenters. The Bertz CT molecular complexity index is 368. The summed E-state index contributed by atoms with van der Waals surface area (Å²) in [6, 6.07) is 0. The van der Waals surface area contributed by atoms with Crippen molar-refractivity contribution in [3.63, 3.8) is 0 Å². The number of rotatable bonds is 2. The lowest BCUT2D eigenvalue weighted by Gasteiger charge is -1.99. The molecule has 0 atom stereocenters. The highest BCUT2D eigenvalue weighted by Crippen LogP contribution is 2.20. The molecule has 0 fully saturated rings. The van der Waals surface area contributed by atoms with Crippen LogP contribution in [0.15, 0.2) is 10.7 Å². The molecule has 1 aromatic heterocycles. The number of ether oxygens (including phenoxy) is 2. The molecule has 0 aliphatic rings. The van der Waals surface area contributed by atoms with E-state index in [0.717, 1.165) is 0 Å². The Morgan fingerprint density at radius 3 is 2.36 bits per heavy atom. The molecule has 0 aromatic carbocycles. The summed E-state index contributed by atoms with van der Waals surface area (Å²) >= 11 is 1.79. The molecule has 0 radical (unpaired) electrons. The quantitative estimate of drug-likeness (QED) is 0.611. The molecule has 0 aliphatic heterocycles. The Balaban J connectivity index is 3.19. The molecule has 0 aliphatic carbocycles. The third-order valence-corrected chi connectivity index (χ3v) is 2.33. The lowest BCUT2D eigenvalue weighted by atomic mass is 10.2. The number of furan rings is 1. The van der Waals surface area contributed by atoms with Gasteiger partial charge < -0.3 is 13.9 Å². The summed E-state index contributed by atoms with van der Waals surface area (Å²) in [4.78, 5) is 22.4. The summed E-state index contributed by atoms with van der Waals surface area (Å²) < 4.78 is 14.2. The zero-order valence-corrected chi connectivity index (χ0v) is 9.65. The van der Waals surface area contributed by atoms with Crippen LogP contribution in [0.3, 0.4) is 0 Å². The molecule has 6 heteroatoms. The number of carbonyl (C=O) groups is 2. The van der Waals surface area contributed by atoms with Crippen LogP contribution in [0, 0.1) is 3.77 Å². The van der Waals surface area contributed by atoms with Gasteiger partial charge in [0.1, 0.15) is 17.4 Å². The SMILES string of the molecule is COC(=O)c1coc(I)c1C(=O)OC. The standard InChI is InChI=1S/C8H7IO5/c1-12-7(10)4-3-14-6(9)5(4)8(11)13-2/h3H,1-2H3. The van der Waals surface area contributed by atoms with Gasteiger partial charge in [0.2, 0.25) is 0 Å². The van der Waals surface area contributed by atoms with E-state index in [9.17, 15) is 9.59 Å². The molecule has 1 rings (SSSR count). The summed E-state index contributed by atoms with van der Waals surface area (Å²) in [5.41, 5.74) is 0.170. The van der Waals surface area contributed by atoms with Crippen LogP contribution in [-0.2, 0) is 9.47 Å². The number of hydrogen-bond acceptors (Lipinski definition) is 5. The highest BCUT2D eigenvalue weighted by Gasteiger charge is 2.25.